The fourth-order valence-corrected chi connectivity index (χ4v) is 0.867. The van der Waals surface area contributed by atoms with E-state index < -0.39 is 0 Å². The Morgan fingerprint density at radius 1 is 1.55 bits per heavy atom. The van der Waals surface area contributed by atoms with Crippen LogP contribution in [-0.2, 0) is 9.53 Å². The summed E-state index contributed by atoms with van der Waals surface area (Å²) in [7, 11) is 1.38. The Bertz CT molecular complexity index is 173. The number of rotatable bonds is 3. The van der Waals surface area contributed by atoms with Gasteiger partial charge in [-0.15, -0.1) is 0 Å². The van der Waals surface area contributed by atoms with Crippen LogP contribution < -0.4 is 5.73 Å². The van der Waals surface area contributed by atoms with E-state index in [1.807, 2.05) is 13.8 Å². The number of hydrogen-bond acceptors (Lipinski definition) is 3. The summed E-state index contributed by atoms with van der Waals surface area (Å²) in [5, 5.41) is 0. The van der Waals surface area contributed by atoms with Gasteiger partial charge in [0.25, 0.3) is 0 Å². The lowest BCUT2D eigenvalue weighted by Gasteiger charge is -2.05. The number of hydrogen-bond donors (Lipinski definition) is 1. The number of nitrogens with two attached hydrogens (primary N) is 1. The minimum absolute atomic E-state index is 0.268. The Morgan fingerprint density at radius 3 is 2.36 bits per heavy atom. The molecule has 0 atom stereocenters. The normalized spacial score (nSPS) is 12.4. The predicted octanol–water partition coefficient (Wildman–Crippen LogP) is 0.845. The molecule has 3 heteroatoms. The average Bonchev–Trinajstić information content (AvgIpc) is 2.05. The van der Waals surface area contributed by atoms with Gasteiger partial charge in [0.1, 0.15) is 0 Å². The molecule has 0 radical (unpaired) electrons. The number of carbonyl (C=O) groups is 1. The van der Waals surface area contributed by atoms with Gasteiger partial charge in [-0.25, -0.2) is 4.79 Å². The van der Waals surface area contributed by atoms with Crippen LogP contribution in [0.15, 0.2) is 11.1 Å². The largest absolute Gasteiger partial charge is 0.466 e. The van der Waals surface area contributed by atoms with E-state index in [1.54, 1.807) is 0 Å². The van der Waals surface area contributed by atoms with Crippen molar-refractivity contribution in [2.24, 2.45) is 5.73 Å². The van der Waals surface area contributed by atoms with Crippen LogP contribution in [0.1, 0.15) is 20.3 Å². The number of methoxy groups -OCH3 is 1. The highest BCUT2D eigenvalue weighted by Gasteiger charge is 2.09. The van der Waals surface area contributed by atoms with E-state index in [0.717, 1.165) is 5.57 Å². The molecule has 0 aromatic heterocycles. The van der Waals surface area contributed by atoms with Crippen LogP contribution in [0.4, 0.5) is 0 Å². The molecule has 2 N–H and O–H groups in total. The maximum Gasteiger partial charge on any atom is 0.333 e. The zero-order chi connectivity index (χ0) is 8.85. The van der Waals surface area contributed by atoms with E-state index in [0.29, 0.717) is 18.5 Å². The smallest absolute Gasteiger partial charge is 0.333 e. The lowest BCUT2D eigenvalue weighted by Crippen LogP contribution is -2.11. The molecule has 0 aromatic carbocycles. The van der Waals surface area contributed by atoms with E-state index >= 15 is 0 Å². The maximum atomic E-state index is 11.0. The van der Waals surface area contributed by atoms with Crippen molar-refractivity contribution in [1.82, 2.24) is 0 Å². The van der Waals surface area contributed by atoms with Gasteiger partial charge in [-0.1, -0.05) is 6.92 Å². The molecular weight excluding hydrogens is 142 g/mol. The molecule has 0 bridgehead atoms. The van der Waals surface area contributed by atoms with Gasteiger partial charge in [0.15, 0.2) is 0 Å². The second-order valence-electron chi connectivity index (χ2n) is 2.31. The second-order valence-corrected chi connectivity index (χ2v) is 2.31. The lowest BCUT2D eigenvalue weighted by atomic mass is 10.1. The molecule has 0 aliphatic carbocycles. The highest BCUT2D eigenvalue weighted by molar-refractivity contribution is 5.89. The van der Waals surface area contributed by atoms with Crippen molar-refractivity contribution >= 4 is 5.97 Å². The highest BCUT2D eigenvalue weighted by atomic mass is 16.5. The lowest BCUT2D eigenvalue weighted by molar-refractivity contribution is -0.136. The fourth-order valence-electron chi connectivity index (χ4n) is 0.867. The van der Waals surface area contributed by atoms with Gasteiger partial charge < -0.3 is 10.5 Å². The SMILES string of the molecule is CCC(C(=O)OC)=C(C)CN. The standard InChI is InChI=1S/C8H15NO2/c1-4-7(6(2)5-9)8(10)11-3/h4-5,9H2,1-3H3. The Hall–Kier alpha value is -0.830. The summed E-state index contributed by atoms with van der Waals surface area (Å²) < 4.78 is 4.57. The predicted molar refractivity (Wildman–Crippen MR) is 44.1 cm³/mol. The summed E-state index contributed by atoms with van der Waals surface area (Å²) in [5.74, 6) is -0.268. The third-order valence-electron chi connectivity index (χ3n) is 1.61. The van der Waals surface area contributed by atoms with Gasteiger partial charge in [-0.2, -0.15) is 0 Å². The van der Waals surface area contributed by atoms with Crippen LogP contribution in [0.5, 0.6) is 0 Å². The highest BCUT2D eigenvalue weighted by Crippen LogP contribution is 2.08. The van der Waals surface area contributed by atoms with Crippen molar-refractivity contribution in [1.29, 1.82) is 0 Å². The summed E-state index contributed by atoms with van der Waals surface area (Å²) in [6.45, 7) is 4.17. The Labute approximate surface area is 67.2 Å². The zero-order valence-corrected chi connectivity index (χ0v) is 7.31. The first-order chi connectivity index (χ1) is 5.17. The summed E-state index contributed by atoms with van der Waals surface area (Å²) >= 11 is 0. The molecule has 0 aliphatic heterocycles. The van der Waals surface area contributed by atoms with Crippen molar-refractivity contribution in [2.45, 2.75) is 20.3 Å². The van der Waals surface area contributed by atoms with E-state index in [-0.39, 0.29) is 5.97 Å². The van der Waals surface area contributed by atoms with E-state index in [1.165, 1.54) is 7.11 Å². The maximum absolute atomic E-state index is 11.0. The Kier molecular flexibility index (Phi) is 4.54. The third kappa shape index (κ3) is 2.72. The number of carbonyl (C=O) groups excluding carboxylic acids is 1. The Balaban J connectivity index is 4.50. The topological polar surface area (TPSA) is 52.3 Å². The molecule has 64 valence electrons. The minimum Gasteiger partial charge on any atom is -0.466 e. The van der Waals surface area contributed by atoms with Crippen LogP contribution in [0.3, 0.4) is 0 Å². The van der Waals surface area contributed by atoms with Crippen LogP contribution >= 0.6 is 0 Å². The second kappa shape index (κ2) is 4.91. The third-order valence-corrected chi connectivity index (χ3v) is 1.61. The average molecular weight is 157 g/mol. The zero-order valence-electron chi connectivity index (χ0n) is 7.31. The molecule has 0 spiro atoms. The van der Waals surface area contributed by atoms with Crippen molar-refractivity contribution < 1.29 is 9.53 Å². The first kappa shape index (κ1) is 10.2. The number of ether oxygens (including phenoxy) is 1. The van der Waals surface area contributed by atoms with Crippen molar-refractivity contribution in [2.75, 3.05) is 13.7 Å². The summed E-state index contributed by atoms with van der Waals surface area (Å²) in [4.78, 5) is 11.0. The van der Waals surface area contributed by atoms with Crippen molar-refractivity contribution in [3.8, 4) is 0 Å². The molecule has 0 rings (SSSR count). The number of esters is 1. The molecule has 0 heterocycles. The van der Waals surface area contributed by atoms with Gasteiger partial charge >= 0.3 is 5.97 Å². The molecule has 0 amide bonds. The molecule has 11 heavy (non-hydrogen) atoms. The molecule has 3 nitrogen and oxygen atoms in total. The summed E-state index contributed by atoms with van der Waals surface area (Å²) in [5.41, 5.74) is 6.97. The van der Waals surface area contributed by atoms with Gasteiger partial charge in [-0.05, 0) is 18.9 Å². The minimum atomic E-state index is -0.268. The van der Waals surface area contributed by atoms with Crippen molar-refractivity contribution in [3.05, 3.63) is 11.1 Å². The first-order valence-corrected chi connectivity index (χ1v) is 3.64. The van der Waals surface area contributed by atoms with Crippen LogP contribution in [0.25, 0.3) is 0 Å². The summed E-state index contributed by atoms with van der Waals surface area (Å²) in [6.07, 6.45) is 0.676. The fraction of sp³-hybridized carbons (Fsp3) is 0.625. The van der Waals surface area contributed by atoms with Gasteiger partial charge in [0.2, 0.25) is 0 Å². The monoisotopic (exact) mass is 157 g/mol. The van der Waals surface area contributed by atoms with E-state index in [2.05, 4.69) is 4.74 Å². The quantitative estimate of drug-likeness (QED) is 0.488. The first-order valence-electron chi connectivity index (χ1n) is 3.64. The van der Waals surface area contributed by atoms with Crippen molar-refractivity contribution in [3.63, 3.8) is 0 Å². The van der Waals surface area contributed by atoms with Crippen LogP contribution in [0, 0.1) is 0 Å². The van der Waals surface area contributed by atoms with Gasteiger partial charge in [0.05, 0.1) is 7.11 Å². The van der Waals surface area contributed by atoms with Gasteiger partial charge in [-0.3, -0.25) is 0 Å². The Morgan fingerprint density at radius 2 is 2.09 bits per heavy atom. The molecular formula is C8H15NO2. The molecule has 0 saturated carbocycles. The molecule has 0 unspecified atom stereocenters. The molecule has 0 aromatic rings. The summed E-state index contributed by atoms with van der Waals surface area (Å²) in [6, 6.07) is 0. The molecule has 0 saturated heterocycles. The molecule has 0 fully saturated rings. The van der Waals surface area contributed by atoms with Crippen LogP contribution in [0.2, 0.25) is 0 Å². The molecule has 0 aliphatic rings. The van der Waals surface area contributed by atoms with E-state index in [4.69, 9.17) is 5.73 Å². The van der Waals surface area contributed by atoms with Crippen LogP contribution in [-0.4, -0.2) is 19.6 Å². The van der Waals surface area contributed by atoms with Gasteiger partial charge in [0, 0.05) is 12.1 Å². The van der Waals surface area contributed by atoms with E-state index in [9.17, 15) is 4.79 Å².